The predicted molar refractivity (Wildman–Crippen MR) is 57.6 cm³/mol. The van der Waals surface area contributed by atoms with Crippen LogP contribution in [0.5, 0.6) is 0 Å². The van der Waals surface area contributed by atoms with Crippen LogP contribution in [0.25, 0.3) is 0 Å². The number of thioether (sulfide) groups is 1. The number of hydrogen-bond donors (Lipinski definition) is 1. The highest BCUT2D eigenvalue weighted by Crippen LogP contribution is 2.32. The minimum Gasteiger partial charge on any atom is -0.481 e. The summed E-state index contributed by atoms with van der Waals surface area (Å²) >= 11 is 2.02. The van der Waals surface area contributed by atoms with E-state index in [4.69, 9.17) is 5.11 Å². The molecule has 14 heavy (non-hydrogen) atoms. The third-order valence-electron chi connectivity index (χ3n) is 3.29. The second kappa shape index (κ2) is 4.11. The van der Waals surface area contributed by atoms with Gasteiger partial charge in [-0.25, -0.2) is 0 Å². The molecular weight excluding hydrogens is 198 g/mol. The van der Waals surface area contributed by atoms with Crippen LogP contribution in [0.1, 0.15) is 19.8 Å². The number of rotatable bonds is 2. The number of likely N-dealkylation sites (tertiary alicyclic amines) is 1. The standard InChI is InChI=1S/C10H17NO2S/c1-7-9(3-2-4-14-7)11-5-8(6-11)10(12)13/h7-9H,2-6H2,1H3,(H,12,13). The van der Waals surface area contributed by atoms with Crippen LogP contribution >= 0.6 is 11.8 Å². The quantitative estimate of drug-likeness (QED) is 0.753. The van der Waals surface area contributed by atoms with Gasteiger partial charge in [0.05, 0.1) is 5.92 Å². The van der Waals surface area contributed by atoms with Gasteiger partial charge in [-0.15, -0.1) is 0 Å². The van der Waals surface area contributed by atoms with E-state index >= 15 is 0 Å². The van der Waals surface area contributed by atoms with Crippen molar-refractivity contribution >= 4 is 17.7 Å². The molecule has 0 bridgehead atoms. The third kappa shape index (κ3) is 1.91. The number of carbonyl (C=O) groups is 1. The summed E-state index contributed by atoms with van der Waals surface area (Å²) in [6.07, 6.45) is 2.54. The summed E-state index contributed by atoms with van der Waals surface area (Å²) in [6.45, 7) is 3.80. The van der Waals surface area contributed by atoms with E-state index in [9.17, 15) is 4.79 Å². The van der Waals surface area contributed by atoms with Crippen molar-refractivity contribution in [1.82, 2.24) is 4.90 Å². The second-order valence-corrected chi connectivity index (χ2v) is 5.76. The van der Waals surface area contributed by atoms with Crippen LogP contribution in [0.3, 0.4) is 0 Å². The van der Waals surface area contributed by atoms with E-state index in [0.29, 0.717) is 11.3 Å². The van der Waals surface area contributed by atoms with Gasteiger partial charge in [-0.2, -0.15) is 11.8 Å². The van der Waals surface area contributed by atoms with Crippen molar-refractivity contribution in [2.24, 2.45) is 5.92 Å². The van der Waals surface area contributed by atoms with Crippen molar-refractivity contribution in [2.75, 3.05) is 18.8 Å². The molecule has 0 amide bonds. The lowest BCUT2D eigenvalue weighted by molar-refractivity contribution is -0.148. The molecule has 0 aromatic heterocycles. The van der Waals surface area contributed by atoms with E-state index in [1.807, 2.05) is 11.8 Å². The third-order valence-corrected chi connectivity index (χ3v) is 4.66. The van der Waals surface area contributed by atoms with Crippen molar-refractivity contribution in [3.8, 4) is 0 Å². The molecule has 2 aliphatic rings. The van der Waals surface area contributed by atoms with Crippen LogP contribution in [0.2, 0.25) is 0 Å². The van der Waals surface area contributed by atoms with E-state index < -0.39 is 5.97 Å². The van der Waals surface area contributed by atoms with Gasteiger partial charge in [0.25, 0.3) is 0 Å². The Morgan fingerprint density at radius 3 is 2.79 bits per heavy atom. The highest BCUT2D eigenvalue weighted by atomic mass is 32.2. The van der Waals surface area contributed by atoms with Gasteiger partial charge in [0.2, 0.25) is 0 Å². The fourth-order valence-corrected chi connectivity index (χ4v) is 3.56. The second-order valence-electron chi connectivity index (χ2n) is 4.27. The van der Waals surface area contributed by atoms with Gasteiger partial charge in [0, 0.05) is 24.4 Å². The smallest absolute Gasteiger partial charge is 0.309 e. The van der Waals surface area contributed by atoms with Gasteiger partial charge in [-0.05, 0) is 18.6 Å². The van der Waals surface area contributed by atoms with Gasteiger partial charge in [0.15, 0.2) is 0 Å². The lowest BCUT2D eigenvalue weighted by Gasteiger charge is -2.46. The number of nitrogens with zero attached hydrogens (tertiary/aromatic N) is 1. The van der Waals surface area contributed by atoms with Crippen molar-refractivity contribution in [3.63, 3.8) is 0 Å². The van der Waals surface area contributed by atoms with E-state index in [2.05, 4.69) is 11.8 Å². The number of carboxylic acid groups (broad SMARTS) is 1. The molecule has 80 valence electrons. The first-order valence-electron chi connectivity index (χ1n) is 5.27. The maximum Gasteiger partial charge on any atom is 0.309 e. The Kier molecular flexibility index (Phi) is 3.02. The van der Waals surface area contributed by atoms with Gasteiger partial charge >= 0.3 is 5.97 Å². The lowest BCUT2D eigenvalue weighted by Crippen LogP contribution is -2.57. The van der Waals surface area contributed by atoms with E-state index in [0.717, 1.165) is 13.1 Å². The van der Waals surface area contributed by atoms with Gasteiger partial charge in [0.1, 0.15) is 0 Å². The van der Waals surface area contributed by atoms with Crippen LogP contribution in [0.15, 0.2) is 0 Å². The summed E-state index contributed by atoms with van der Waals surface area (Å²) in [4.78, 5) is 13.0. The topological polar surface area (TPSA) is 40.5 Å². The summed E-state index contributed by atoms with van der Waals surface area (Å²) in [7, 11) is 0. The maximum atomic E-state index is 10.7. The Morgan fingerprint density at radius 1 is 1.50 bits per heavy atom. The van der Waals surface area contributed by atoms with Gasteiger partial charge in [-0.1, -0.05) is 6.92 Å². The molecule has 2 fully saturated rings. The van der Waals surface area contributed by atoms with Crippen molar-refractivity contribution < 1.29 is 9.90 Å². The summed E-state index contributed by atoms with van der Waals surface area (Å²) in [5.74, 6) is 0.542. The normalized spacial score (nSPS) is 35.2. The zero-order chi connectivity index (χ0) is 10.1. The molecule has 0 aromatic rings. The molecule has 0 aromatic carbocycles. The zero-order valence-corrected chi connectivity index (χ0v) is 9.30. The molecule has 0 spiro atoms. The van der Waals surface area contributed by atoms with E-state index in [-0.39, 0.29) is 5.92 Å². The van der Waals surface area contributed by atoms with E-state index in [1.54, 1.807) is 0 Å². The van der Waals surface area contributed by atoms with Gasteiger partial charge < -0.3 is 5.11 Å². The van der Waals surface area contributed by atoms with Gasteiger partial charge in [-0.3, -0.25) is 9.69 Å². The molecule has 2 saturated heterocycles. The minimum atomic E-state index is -0.627. The summed E-state index contributed by atoms with van der Waals surface area (Å²) in [5, 5.41) is 9.46. The molecule has 2 heterocycles. The van der Waals surface area contributed by atoms with Crippen molar-refractivity contribution in [1.29, 1.82) is 0 Å². The average Bonchev–Trinajstić information content (AvgIpc) is 2.05. The van der Waals surface area contributed by atoms with E-state index in [1.165, 1.54) is 18.6 Å². The first-order chi connectivity index (χ1) is 6.68. The molecule has 1 N–H and O–H groups in total. The molecule has 2 unspecified atom stereocenters. The van der Waals surface area contributed by atoms with Crippen LogP contribution < -0.4 is 0 Å². The molecule has 0 aliphatic carbocycles. The zero-order valence-electron chi connectivity index (χ0n) is 8.48. The molecule has 0 saturated carbocycles. The Hall–Kier alpha value is -0.220. The molecular formula is C10H17NO2S. The monoisotopic (exact) mass is 215 g/mol. The fraction of sp³-hybridized carbons (Fsp3) is 0.900. The summed E-state index contributed by atoms with van der Waals surface area (Å²) in [6, 6.07) is 0.629. The first-order valence-corrected chi connectivity index (χ1v) is 6.32. The number of aliphatic carboxylic acids is 1. The van der Waals surface area contributed by atoms with Crippen LogP contribution in [0.4, 0.5) is 0 Å². The maximum absolute atomic E-state index is 10.7. The highest BCUT2D eigenvalue weighted by molar-refractivity contribution is 7.99. The molecule has 2 atom stereocenters. The van der Waals surface area contributed by atoms with Crippen molar-refractivity contribution in [2.45, 2.75) is 31.1 Å². The lowest BCUT2D eigenvalue weighted by atomic mass is 9.94. The molecule has 3 nitrogen and oxygen atoms in total. The minimum absolute atomic E-state index is 0.103. The number of hydrogen-bond acceptors (Lipinski definition) is 3. The number of carboxylic acids is 1. The fourth-order valence-electron chi connectivity index (χ4n) is 2.33. The summed E-state index contributed by atoms with van der Waals surface area (Å²) in [5.41, 5.74) is 0. The average molecular weight is 215 g/mol. The Morgan fingerprint density at radius 2 is 2.21 bits per heavy atom. The van der Waals surface area contributed by atoms with Crippen LogP contribution in [0, 0.1) is 5.92 Å². The summed E-state index contributed by atoms with van der Waals surface area (Å²) < 4.78 is 0. The van der Waals surface area contributed by atoms with Crippen LogP contribution in [-0.4, -0.2) is 46.1 Å². The molecule has 2 rings (SSSR count). The predicted octanol–water partition coefficient (Wildman–Crippen LogP) is 1.29. The Bertz CT molecular complexity index is 228. The first kappa shape index (κ1) is 10.3. The Balaban J connectivity index is 1.83. The van der Waals surface area contributed by atoms with Crippen molar-refractivity contribution in [3.05, 3.63) is 0 Å². The molecule has 2 aliphatic heterocycles. The molecule has 0 radical (unpaired) electrons. The highest BCUT2D eigenvalue weighted by Gasteiger charge is 2.39. The molecule has 4 heteroatoms. The van der Waals surface area contributed by atoms with Crippen LogP contribution in [-0.2, 0) is 4.79 Å². The Labute approximate surface area is 88.9 Å². The largest absolute Gasteiger partial charge is 0.481 e. The SMILES string of the molecule is CC1SCCCC1N1CC(C(=O)O)C1.